The van der Waals surface area contributed by atoms with Crippen molar-refractivity contribution in [2.24, 2.45) is 0 Å². The number of aliphatic hydroxyl groups is 1. The minimum absolute atomic E-state index is 0.436. The number of aliphatic hydroxyl groups excluding tert-OH is 1. The van der Waals surface area contributed by atoms with Crippen LogP contribution in [-0.4, -0.2) is 24.9 Å². The molecule has 19 heavy (non-hydrogen) atoms. The molecule has 2 aromatic rings. The van der Waals surface area contributed by atoms with Crippen LogP contribution in [-0.2, 0) is 6.42 Å². The quantitative estimate of drug-likeness (QED) is 0.865. The van der Waals surface area contributed by atoms with Gasteiger partial charge in [0.2, 0.25) is 0 Å². The van der Waals surface area contributed by atoms with E-state index in [1.54, 1.807) is 12.4 Å². The van der Waals surface area contributed by atoms with Gasteiger partial charge in [-0.2, -0.15) is 5.10 Å². The first-order chi connectivity index (χ1) is 9.24. The Labute approximate surface area is 113 Å². The number of hydrogen-bond acceptors (Lipinski definition) is 4. The summed E-state index contributed by atoms with van der Waals surface area (Å²) in [6.07, 6.45) is 8.72. The fraction of sp³-hybridized carbons (Fsp3) is 0.500. The first kappa shape index (κ1) is 13.7. The molecule has 1 atom stereocenters. The van der Waals surface area contributed by atoms with Crippen LogP contribution >= 0.6 is 0 Å². The summed E-state index contributed by atoms with van der Waals surface area (Å²) in [4.78, 5) is 7.82. The molecule has 2 aromatic heterocycles. The monoisotopic (exact) mass is 260 g/mol. The zero-order valence-electron chi connectivity index (χ0n) is 11.4. The van der Waals surface area contributed by atoms with Crippen molar-refractivity contribution in [3.63, 3.8) is 0 Å². The van der Waals surface area contributed by atoms with Gasteiger partial charge in [0.15, 0.2) is 0 Å². The zero-order valence-corrected chi connectivity index (χ0v) is 11.4. The minimum Gasteiger partial charge on any atom is -0.388 e. The van der Waals surface area contributed by atoms with Gasteiger partial charge in [-0.15, -0.1) is 0 Å². The Morgan fingerprint density at radius 1 is 1.21 bits per heavy atom. The molecule has 5 nitrogen and oxygen atoms in total. The average molecular weight is 260 g/mol. The van der Waals surface area contributed by atoms with Crippen molar-refractivity contribution in [2.75, 3.05) is 0 Å². The molecule has 2 heterocycles. The second kappa shape index (κ2) is 6.43. The largest absolute Gasteiger partial charge is 0.388 e. The van der Waals surface area contributed by atoms with Gasteiger partial charge in [0.1, 0.15) is 6.33 Å². The van der Waals surface area contributed by atoms with Gasteiger partial charge in [0.05, 0.1) is 17.8 Å². The van der Waals surface area contributed by atoms with Gasteiger partial charge in [-0.05, 0) is 18.9 Å². The van der Waals surface area contributed by atoms with Crippen molar-refractivity contribution in [1.29, 1.82) is 0 Å². The molecule has 1 N–H and O–H groups in total. The molecule has 0 saturated carbocycles. The second-order valence-electron chi connectivity index (χ2n) is 4.65. The minimum atomic E-state index is -0.605. The first-order valence-electron chi connectivity index (χ1n) is 6.71. The second-order valence-corrected chi connectivity index (χ2v) is 4.65. The van der Waals surface area contributed by atoms with E-state index in [9.17, 15) is 5.11 Å². The number of aromatic nitrogens is 4. The standard InChI is InChI=1S/C14H20N4O/c1-3-13(4-2)18-6-5-12(17-18)7-14(19)11-8-15-10-16-9-11/h5-6,8-10,13-14,19H,3-4,7H2,1-2H3. The fourth-order valence-electron chi connectivity index (χ4n) is 2.15. The molecule has 0 aliphatic carbocycles. The molecule has 0 aromatic carbocycles. The average Bonchev–Trinajstić information content (AvgIpc) is 2.89. The molecular weight excluding hydrogens is 240 g/mol. The summed E-state index contributed by atoms with van der Waals surface area (Å²) >= 11 is 0. The Bertz CT molecular complexity index is 493. The summed E-state index contributed by atoms with van der Waals surface area (Å²) in [5, 5.41) is 14.6. The van der Waals surface area contributed by atoms with E-state index in [1.807, 2.05) is 16.9 Å². The highest BCUT2D eigenvalue weighted by atomic mass is 16.3. The molecule has 0 bridgehead atoms. The predicted molar refractivity (Wildman–Crippen MR) is 72.5 cm³/mol. The molecule has 1 unspecified atom stereocenters. The number of rotatable bonds is 6. The Morgan fingerprint density at radius 2 is 1.89 bits per heavy atom. The first-order valence-corrected chi connectivity index (χ1v) is 6.71. The smallest absolute Gasteiger partial charge is 0.115 e. The van der Waals surface area contributed by atoms with Gasteiger partial charge in [-0.1, -0.05) is 13.8 Å². The molecule has 102 valence electrons. The number of hydrogen-bond donors (Lipinski definition) is 1. The van der Waals surface area contributed by atoms with Crippen LogP contribution in [0.1, 0.15) is 50.1 Å². The van der Waals surface area contributed by atoms with E-state index in [-0.39, 0.29) is 0 Å². The van der Waals surface area contributed by atoms with E-state index in [2.05, 4.69) is 28.9 Å². The fourth-order valence-corrected chi connectivity index (χ4v) is 2.15. The summed E-state index contributed by atoms with van der Waals surface area (Å²) in [5.41, 5.74) is 1.61. The molecule has 0 fully saturated rings. The van der Waals surface area contributed by atoms with Crippen molar-refractivity contribution in [3.05, 3.63) is 42.2 Å². The van der Waals surface area contributed by atoms with Crippen LogP contribution in [0, 0.1) is 0 Å². The maximum Gasteiger partial charge on any atom is 0.115 e. The molecular formula is C14H20N4O. The Morgan fingerprint density at radius 3 is 2.53 bits per heavy atom. The molecule has 2 rings (SSSR count). The van der Waals surface area contributed by atoms with Crippen molar-refractivity contribution in [1.82, 2.24) is 19.7 Å². The lowest BCUT2D eigenvalue weighted by Gasteiger charge is -2.13. The topological polar surface area (TPSA) is 63.8 Å². The molecule has 0 amide bonds. The lowest BCUT2D eigenvalue weighted by atomic mass is 10.1. The Hall–Kier alpha value is -1.75. The highest BCUT2D eigenvalue weighted by Crippen LogP contribution is 2.18. The van der Waals surface area contributed by atoms with Gasteiger partial charge >= 0.3 is 0 Å². The van der Waals surface area contributed by atoms with Crippen molar-refractivity contribution >= 4 is 0 Å². The van der Waals surface area contributed by atoms with Crippen LogP contribution in [0.3, 0.4) is 0 Å². The molecule has 0 radical (unpaired) electrons. The molecule has 0 saturated heterocycles. The molecule has 5 heteroatoms. The van der Waals surface area contributed by atoms with E-state index in [1.165, 1.54) is 6.33 Å². The lowest BCUT2D eigenvalue weighted by molar-refractivity contribution is 0.176. The van der Waals surface area contributed by atoms with Crippen LogP contribution in [0.4, 0.5) is 0 Å². The third kappa shape index (κ3) is 3.38. The van der Waals surface area contributed by atoms with Crippen LogP contribution in [0.25, 0.3) is 0 Å². The summed E-state index contributed by atoms with van der Waals surface area (Å²) in [7, 11) is 0. The highest BCUT2D eigenvalue weighted by Gasteiger charge is 2.13. The van der Waals surface area contributed by atoms with Gasteiger partial charge in [0, 0.05) is 30.6 Å². The zero-order chi connectivity index (χ0) is 13.7. The van der Waals surface area contributed by atoms with Crippen LogP contribution < -0.4 is 0 Å². The predicted octanol–water partition coefficient (Wildman–Crippen LogP) is 2.31. The van der Waals surface area contributed by atoms with Gasteiger partial charge in [0.25, 0.3) is 0 Å². The summed E-state index contributed by atoms with van der Waals surface area (Å²) in [5.74, 6) is 0. The lowest BCUT2D eigenvalue weighted by Crippen LogP contribution is -2.09. The van der Waals surface area contributed by atoms with Gasteiger partial charge in [-0.25, -0.2) is 9.97 Å². The number of nitrogens with zero attached hydrogens (tertiary/aromatic N) is 4. The Kier molecular flexibility index (Phi) is 4.63. The Balaban J connectivity index is 2.04. The summed E-state index contributed by atoms with van der Waals surface area (Å²) in [6, 6.07) is 2.40. The summed E-state index contributed by atoms with van der Waals surface area (Å²) in [6.45, 7) is 4.32. The van der Waals surface area contributed by atoms with E-state index >= 15 is 0 Å². The maximum atomic E-state index is 10.1. The SMILES string of the molecule is CCC(CC)n1ccc(CC(O)c2cncnc2)n1. The molecule has 0 aliphatic heterocycles. The normalized spacial score (nSPS) is 12.8. The molecule has 0 aliphatic rings. The third-order valence-corrected chi connectivity index (χ3v) is 3.35. The maximum absolute atomic E-state index is 10.1. The van der Waals surface area contributed by atoms with E-state index < -0.39 is 6.10 Å². The van der Waals surface area contributed by atoms with Crippen LogP contribution in [0.5, 0.6) is 0 Å². The van der Waals surface area contributed by atoms with E-state index in [0.717, 1.165) is 24.1 Å². The van der Waals surface area contributed by atoms with Crippen molar-refractivity contribution in [2.45, 2.75) is 45.3 Å². The van der Waals surface area contributed by atoms with E-state index in [4.69, 9.17) is 0 Å². The van der Waals surface area contributed by atoms with Crippen molar-refractivity contribution < 1.29 is 5.11 Å². The van der Waals surface area contributed by atoms with Crippen LogP contribution in [0.2, 0.25) is 0 Å². The third-order valence-electron chi connectivity index (χ3n) is 3.35. The van der Waals surface area contributed by atoms with E-state index in [0.29, 0.717) is 12.5 Å². The van der Waals surface area contributed by atoms with Gasteiger partial charge in [-0.3, -0.25) is 4.68 Å². The highest BCUT2D eigenvalue weighted by molar-refractivity contribution is 5.11. The van der Waals surface area contributed by atoms with Crippen LogP contribution in [0.15, 0.2) is 31.0 Å². The van der Waals surface area contributed by atoms with Gasteiger partial charge < -0.3 is 5.11 Å². The summed E-state index contributed by atoms with van der Waals surface area (Å²) < 4.78 is 1.99. The molecule has 0 spiro atoms. The van der Waals surface area contributed by atoms with Crippen molar-refractivity contribution in [3.8, 4) is 0 Å².